The molecule has 6 rings (SSSR count). The van der Waals surface area contributed by atoms with E-state index in [1.165, 1.54) is 11.0 Å². The fourth-order valence-corrected chi connectivity index (χ4v) is 6.45. The number of rotatable bonds is 6. The lowest BCUT2D eigenvalue weighted by atomic mass is 9.75. The second-order valence-electron chi connectivity index (χ2n) is 12.2. The molecule has 1 amide bonds. The summed E-state index contributed by atoms with van der Waals surface area (Å²) < 4.78 is 50.9. The van der Waals surface area contributed by atoms with Crippen LogP contribution in [0.25, 0.3) is 0 Å². The molecule has 0 spiro atoms. The van der Waals surface area contributed by atoms with Gasteiger partial charge in [-0.1, -0.05) is 12.1 Å². The van der Waals surface area contributed by atoms with Gasteiger partial charge in [-0.2, -0.15) is 13.2 Å². The van der Waals surface area contributed by atoms with Crippen LogP contribution in [0.15, 0.2) is 42.7 Å². The molecule has 2 saturated heterocycles. The zero-order chi connectivity index (χ0) is 29.2. The summed E-state index contributed by atoms with van der Waals surface area (Å²) in [6.45, 7) is 9.35. The highest BCUT2D eigenvalue weighted by Crippen LogP contribution is 2.46. The molecular formula is C30H35F3N6O2. The van der Waals surface area contributed by atoms with E-state index in [2.05, 4.69) is 34.3 Å². The maximum atomic E-state index is 14.5. The van der Waals surface area contributed by atoms with Gasteiger partial charge in [0.1, 0.15) is 12.2 Å². The fourth-order valence-electron chi connectivity index (χ4n) is 6.45. The Balaban J connectivity index is 1.36. The average Bonchev–Trinajstić information content (AvgIpc) is 3.41. The fraction of sp³-hybridized carbons (Fsp3) is 0.500. The minimum Gasteiger partial charge on any atom is -0.379 e. The van der Waals surface area contributed by atoms with Crippen LogP contribution in [0, 0.1) is 0 Å². The first-order chi connectivity index (χ1) is 19.4. The van der Waals surface area contributed by atoms with Crippen LogP contribution < -0.4 is 10.2 Å². The van der Waals surface area contributed by atoms with Gasteiger partial charge in [0.05, 0.1) is 24.8 Å². The number of hydrogen-bond donors (Lipinski definition) is 1. The number of hydrogen-bond acceptors (Lipinski definition) is 6. The summed E-state index contributed by atoms with van der Waals surface area (Å²) in [7, 11) is 1.89. The van der Waals surface area contributed by atoms with Gasteiger partial charge in [-0.05, 0) is 61.7 Å². The summed E-state index contributed by atoms with van der Waals surface area (Å²) in [5.41, 5.74) is 0.886. The van der Waals surface area contributed by atoms with E-state index in [-0.39, 0.29) is 22.1 Å². The highest BCUT2D eigenvalue weighted by atomic mass is 19.4. The number of carbonyl (C=O) groups excluding carboxylic acids is 1. The Hall–Kier alpha value is -3.28. The van der Waals surface area contributed by atoms with E-state index in [1.54, 1.807) is 25.4 Å². The molecule has 1 unspecified atom stereocenters. The van der Waals surface area contributed by atoms with Crippen molar-refractivity contribution in [3.8, 4) is 0 Å². The van der Waals surface area contributed by atoms with E-state index >= 15 is 0 Å². The van der Waals surface area contributed by atoms with E-state index < -0.39 is 23.7 Å². The standard InChI is InChI=1S/C30H35F3N6O2/c1-19-26-23(10-20(11-24(26)30(31,32)33)14-38-9-8-34-15-28(38,2)3)27(40)39(19)22-7-5-6-21(12-22)29(16-41-17-29)13-25-36-35-18-37(25)4/h5-7,10-12,18-19,34H,8-9,13-17H2,1-4H3. The number of fused-ring (bicyclic) bond motifs is 1. The molecule has 0 bridgehead atoms. The monoisotopic (exact) mass is 568 g/mol. The van der Waals surface area contributed by atoms with E-state index in [9.17, 15) is 18.0 Å². The molecule has 218 valence electrons. The predicted octanol–water partition coefficient (Wildman–Crippen LogP) is 4.25. The van der Waals surface area contributed by atoms with E-state index in [0.717, 1.165) is 24.5 Å². The summed E-state index contributed by atoms with van der Waals surface area (Å²) in [6.07, 6.45) is -2.34. The first-order valence-electron chi connectivity index (χ1n) is 13.9. The lowest BCUT2D eigenvalue weighted by molar-refractivity contribution is -0.138. The van der Waals surface area contributed by atoms with Crippen LogP contribution in [0.1, 0.15) is 65.2 Å². The van der Waals surface area contributed by atoms with Crippen molar-refractivity contribution < 1.29 is 22.7 Å². The number of aromatic nitrogens is 3. The van der Waals surface area contributed by atoms with Gasteiger partial charge in [0.25, 0.3) is 5.91 Å². The van der Waals surface area contributed by atoms with E-state index in [4.69, 9.17) is 4.74 Å². The maximum absolute atomic E-state index is 14.5. The lowest BCUT2D eigenvalue weighted by Gasteiger charge is -2.43. The average molecular weight is 569 g/mol. The van der Waals surface area contributed by atoms with Gasteiger partial charge in [0.2, 0.25) is 0 Å². The van der Waals surface area contributed by atoms with Crippen molar-refractivity contribution in [3.63, 3.8) is 0 Å². The Morgan fingerprint density at radius 3 is 2.59 bits per heavy atom. The number of piperazine rings is 1. The molecule has 3 aromatic rings. The largest absolute Gasteiger partial charge is 0.416 e. The van der Waals surface area contributed by atoms with Crippen LogP contribution in [-0.4, -0.2) is 64.0 Å². The van der Waals surface area contributed by atoms with Crippen LogP contribution in [0.5, 0.6) is 0 Å². The smallest absolute Gasteiger partial charge is 0.379 e. The molecule has 4 heterocycles. The number of benzene rings is 2. The number of anilines is 1. The second-order valence-corrected chi connectivity index (χ2v) is 12.2. The highest BCUT2D eigenvalue weighted by molar-refractivity contribution is 6.11. The van der Waals surface area contributed by atoms with Crippen molar-refractivity contribution in [2.45, 2.75) is 56.9 Å². The van der Waals surface area contributed by atoms with Gasteiger partial charge in [0, 0.05) is 61.9 Å². The Labute approximate surface area is 237 Å². The molecule has 1 atom stereocenters. The Bertz CT molecular complexity index is 1480. The molecule has 3 aliphatic rings. The zero-order valence-electron chi connectivity index (χ0n) is 23.8. The molecule has 41 heavy (non-hydrogen) atoms. The van der Waals surface area contributed by atoms with E-state index in [0.29, 0.717) is 44.0 Å². The third-order valence-electron chi connectivity index (χ3n) is 8.94. The number of aryl methyl sites for hydroxylation is 1. The molecule has 2 aromatic carbocycles. The molecule has 1 aromatic heterocycles. The highest BCUT2D eigenvalue weighted by Gasteiger charge is 2.46. The number of ether oxygens (including phenoxy) is 1. The van der Waals surface area contributed by atoms with Crippen LogP contribution in [0.4, 0.5) is 18.9 Å². The first kappa shape index (κ1) is 27.9. The van der Waals surface area contributed by atoms with Crippen molar-refractivity contribution in [1.82, 2.24) is 25.0 Å². The van der Waals surface area contributed by atoms with Gasteiger partial charge < -0.3 is 19.5 Å². The molecule has 2 fully saturated rings. The van der Waals surface area contributed by atoms with Gasteiger partial charge >= 0.3 is 6.18 Å². The Morgan fingerprint density at radius 1 is 1.17 bits per heavy atom. The topological polar surface area (TPSA) is 75.5 Å². The number of alkyl halides is 3. The van der Waals surface area contributed by atoms with Crippen LogP contribution in [0.3, 0.4) is 0 Å². The van der Waals surface area contributed by atoms with Gasteiger partial charge in [-0.15, -0.1) is 10.2 Å². The SMILES string of the molecule is CC1c2c(cc(CN3CCNCC3(C)C)cc2C(F)(F)F)C(=O)N1c1cccc(C2(Cc3nncn3C)COC2)c1. The quantitative estimate of drug-likeness (QED) is 0.480. The van der Waals surface area contributed by atoms with Crippen molar-refractivity contribution >= 4 is 11.6 Å². The van der Waals surface area contributed by atoms with Gasteiger partial charge in [-0.25, -0.2) is 0 Å². The predicted molar refractivity (Wildman–Crippen MR) is 148 cm³/mol. The van der Waals surface area contributed by atoms with Gasteiger partial charge in [-0.3, -0.25) is 9.69 Å². The van der Waals surface area contributed by atoms with Crippen molar-refractivity contribution in [3.05, 3.63) is 76.4 Å². The summed E-state index contributed by atoms with van der Waals surface area (Å²) in [6, 6.07) is 9.67. The normalized spacial score (nSPS) is 22.1. The van der Waals surface area contributed by atoms with Crippen LogP contribution in [-0.2, 0) is 36.3 Å². The molecule has 1 N–H and O–H groups in total. The number of halogens is 3. The molecule has 3 aliphatic heterocycles. The van der Waals surface area contributed by atoms with E-state index in [1.807, 2.05) is 29.8 Å². The summed E-state index contributed by atoms with van der Waals surface area (Å²) >= 11 is 0. The van der Waals surface area contributed by atoms with Gasteiger partial charge in [0.15, 0.2) is 0 Å². The number of nitrogens with zero attached hydrogens (tertiary/aromatic N) is 5. The molecule has 11 heteroatoms. The Kier molecular flexibility index (Phi) is 6.74. The van der Waals surface area contributed by atoms with Crippen molar-refractivity contribution in [2.24, 2.45) is 7.05 Å². The molecule has 0 radical (unpaired) electrons. The lowest BCUT2D eigenvalue weighted by Crippen LogP contribution is -2.57. The van der Waals surface area contributed by atoms with Crippen LogP contribution >= 0.6 is 0 Å². The molecule has 0 saturated carbocycles. The minimum absolute atomic E-state index is 0.0389. The first-order valence-corrected chi connectivity index (χ1v) is 13.9. The molecule has 8 nitrogen and oxygen atoms in total. The number of amides is 1. The Morgan fingerprint density at radius 2 is 1.95 bits per heavy atom. The number of nitrogens with one attached hydrogen (secondary N) is 1. The van der Waals surface area contributed by atoms with Crippen molar-refractivity contribution in [1.29, 1.82) is 0 Å². The summed E-state index contributed by atoms with van der Waals surface area (Å²) in [4.78, 5) is 17.6. The molecule has 0 aliphatic carbocycles. The summed E-state index contributed by atoms with van der Waals surface area (Å²) in [5.74, 6) is 0.399. The zero-order valence-corrected chi connectivity index (χ0v) is 23.8. The van der Waals surface area contributed by atoms with Crippen LogP contribution in [0.2, 0.25) is 0 Å². The minimum atomic E-state index is -4.59. The third kappa shape index (κ3) is 4.83. The summed E-state index contributed by atoms with van der Waals surface area (Å²) in [5, 5.41) is 11.6. The third-order valence-corrected chi connectivity index (χ3v) is 8.94. The molecular weight excluding hydrogens is 533 g/mol. The van der Waals surface area contributed by atoms with Crippen molar-refractivity contribution in [2.75, 3.05) is 37.7 Å². The number of carbonyl (C=O) groups is 1. The second kappa shape index (κ2) is 9.92. The maximum Gasteiger partial charge on any atom is 0.416 e.